The lowest BCUT2D eigenvalue weighted by atomic mass is 9.97. The Hall–Kier alpha value is -2.07. The third-order valence-corrected chi connectivity index (χ3v) is 5.41. The van der Waals surface area contributed by atoms with Gasteiger partial charge in [0, 0.05) is 12.6 Å². The maximum absolute atomic E-state index is 12.5. The van der Waals surface area contributed by atoms with Gasteiger partial charge in [-0.15, -0.1) is 0 Å². The van der Waals surface area contributed by atoms with Gasteiger partial charge in [0.1, 0.15) is 5.75 Å². The summed E-state index contributed by atoms with van der Waals surface area (Å²) in [7, 11) is 3.84. The van der Waals surface area contributed by atoms with Gasteiger partial charge in [0.25, 0.3) is 0 Å². The predicted octanol–water partition coefficient (Wildman–Crippen LogP) is 3.55. The number of hydrogen-bond donors (Lipinski definition) is 1. The minimum absolute atomic E-state index is 0.105. The molecule has 1 amide bonds. The standard InChI is InChI=1S/C21H28N2O2/c1-15(21(24)22-11-10-19-5-4-12-23(19)2)16-6-7-18-14-20(25-3)9-8-17(18)13-16/h6-9,13-15,19H,4-5,10-12H2,1-3H3,(H,22,24)/t15-,19?/m0/s1. The number of hydrogen-bond acceptors (Lipinski definition) is 3. The summed E-state index contributed by atoms with van der Waals surface area (Å²) in [6.07, 6.45) is 3.55. The van der Waals surface area contributed by atoms with Gasteiger partial charge in [-0.1, -0.05) is 24.3 Å². The molecular formula is C21H28N2O2. The zero-order valence-corrected chi connectivity index (χ0v) is 15.4. The van der Waals surface area contributed by atoms with Crippen LogP contribution in [0.3, 0.4) is 0 Å². The van der Waals surface area contributed by atoms with Crippen molar-refractivity contribution in [3.8, 4) is 5.75 Å². The molecule has 0 saturated carbocycles. The Bertz CT molecular complexity index is 744. The molecule has 1 N–H and O–H groups in total. The zero-order chi connectivity index (χ0) is 17.8. The molecule has 1 aliphatic rings. The molecule has 1 saturated heterocycles. The molecule has 25 heavy (non-hydrogen) atoms. The van der Waals surface area contributed by atoms with E-state index in [0.29, 0.717) is 6.04 Å². The number of carbonyl (C=O) groups is 1. The van der Waals surface area contributed by atoms with Crippen molar-refractivity contribution in [1.82, 2.24) is 10.2 Å². The van der Waals surface area contributed by atoms with E-state index in [0.717, 1.165) is 35.1 Å². The first kappa shape index (κ1) is 17.7. The van der Waals surface area contributed by atoms with Gasteiger partial charge in [-0.3, -0.25) is 4.79 Å². The number of ether oxygens (including phenoxy) is 1. The van der Waals surface area contributed by atoms with Crippen LogP contribution in [0, 0.1) is 0 Å². The van der Waals surface area contributed by atoms with Crippen LogP contribution in [0.1, 0.15) is 37.7 Å². The van der Waals surface area contributed by atoms with E-state index in [9.17, 15) is 4.79 Å². The van der Waals surface area contributed by atoms with Crippen molar-refractivity contribution in [2.24, 2.45) is 0 Å². The molecular weight excluding hydrogens is 312 g/mol. The molecule has 1 unspecified atom stereocenters. The molecule has 0 radical (unpaired) electrons. The minimum Gasteiger partial charge on any atom is -0.497 e. The summed E-state index contributed by atoms with van der Waals surface area (Å²) in [4.78, 5) is 14.9. The third-order valence-electron chi connectivity index (χ3n) is 5.41. The lowest BCUT2D eigenvalue weighted by Crippen LogP contribution is -2.33. The van der Waals surface area contributed by atoms with Gasteiger partial charge in [0.2, 0.25) is 5.91 Å². The van der Waals surface area contributed by atoms with E-state index in [1.807, 2.05) is 31.2 Å². The number of amides is 1. The number of methoxy groups -OCH3 is 1. The lowest BCUT2D eigenvalue weighted by molar-refractivity contribution is -0.122. The number of likely N-dealkylation sites (tertiary alicyclic amines) is 1. The molecule has 1 aliphatic heterocycles. The Morgan fingerprint density at radius 3 is 2.76 bits per heavy atom. The quantitative estimate of drug-likeness (QED) is 0.874. The zero-order valence-electron chi connectivity index (χ0n) is 15.4. The van der Waals surface area contributed by atoms with Crippen LogP contribution in [0.2, 0.25) is 0 Å². The number of benzene rings is 2. The van der Waals surface area contributed by atoms with E-state index in [-0.39, 0.29) is 11.8 Å². The Morgan fingerprint density at radius 2 is 2.04 bits per heavy atom. The largest absolute Gasteiger partial charge is 0.497 e. The predicted molar refractivity (Wildman–Crippen MR) is 102 cm³/mol. The second-order valence-corrected chi connectivity index (χ2v) is 7.05. The third kappa shape index (κ3) is 4.13. The average Bonchev–Trinajstić information content (AvgIpc) is 3.05. The number of rotatable bonds is 6. The molecule has 2 atom stereocenters. The first-order valence-corrected chi connectivity index (χ1v) is 9.14. The van der Waals surface area contributed by atoms with Crippen molar-refractivity contribution in [2.75, 3.05) is 27.2 Å². The highest BCUT2D eigenvalue weighted by Gasteiger charge is 2.21. The van der Waals surface area contributed by atoms with Gasteiger partial charge in [-0.05, 0) is 68.2 Å². The normalized spacial score (nSPS) is 19.1. The fourth-order valence-corrected chi connectivity index (χ4v) is 3.65. The van der Waals surface area contributed by atoms with Crippen LogP contribution in [-0.4, -0.2) is 44.1 Å². The highest BCUT2D eigenvalue weighted by atomic mass is 16.5. The first-order chi connectivity index (χ1) is 12.1. The van der Waals surface area contributed by atoms with Crippen molar-refractivity contribution < 1.29 is 9.53 Å². The summed E-state index contributed by atoms with van der Waals surface area (Å²) in [5, 5.41) is 5.36. The average molecular weight is 340 g/mol. The van der Waals surface area contributed by atoms with Crippen molar-refractivity contribution >= 4 is 16.7 Å². The number of carbonyl (C=O) groups excluding carboxylic acids is 1. The summed E-state index contributed by atoms with van der Waals surface area (Å²) in [6, 6.07) is 12.8. The monoisotopic (exact) mass is 340 g/mol. The Kier molecular flexibility index (Phi) is 5.59. The minimum atomic E-state index is -0.146. The number of nitrogens with zero attached hydrogens (tertiary/aromatic N) is 1. The van der Waals surface area contributed by atoms with E-state index < -0.39 is 0 Å². The molecule has 134 valence electrons. The van der Waals surface area contributed by atoms with Crippen LogP contribution < -0.4 is 10.1 Å². The molecule has 1 fully saturated rings. The fraction of sp³-hybridized carbons (Fsp3) is 0.476. The summed E-state index contributed by atoms with van der Waals surface area (Å²) < 4.78 is 5.26. The smallest absolute Gasteiger partial charge is 0.227 e. The van der Waals surface area contributed by atoms with Gasteiger partial charge in [0.05, 0.1) is 13.0 Å². The second-order valence-electron chi connectivity index (χ2n) is 7.05. The SMILES string of the molecule is COc1ccc2cc([C@H](C)C(=O)NCCC3CCCN3C)ccc2c1. The molecule has 4 nitrogen and oxygen atoms in total. The van der Waals surface area contributed by atoms with Crippen LogP contribution >= 0.6 is 0 Å². The van der Waals surface area contributed by atoms with Crippen molar-refractivity contribution in [2.45, 2.75) is 38.1 Å². The molecule has 0 spiro atoms. The van der Waals surface area contributed by atoms with Crippen molar-refractivity contribution in [1.29, 1.82) is 0 Å². The Morgan fingerprint density at radius 1 is 1.28 bits per heavy atom. The topological polar surface area (TPSA) is 41.6 Å². The molecule has 1 heterocycles. The highest BCUT2D eigenvalue weighted by Crippen LogP contribution is 2.25. The molecule has 0 aliphatic carbocycles. The summed E-state index contributed by atoms with van der Waals surface area (Å²) in [5.41, 5.74) is 1.05. The van der Waals surface area contributed by atoms with E-state index >= 15 is 0 Å². The molecule has 3 rings (SSSR count). The van der Waals surface area contributed by atoms with E-state index in [4.69, 9.17) is 4.74 Å². The first-order valence-electron chi connectivity index (χ1n) is 9.14. The van der Waals surface area contributed by atoms with E-state index in [2.05, 4.69) is 29.4 Å². The van der Waals surface area contributed by atoms with Gasteiger partial charge in [-0.2, -0.15) is 0 Å². The number of nitrogens with one attached hydrogen (secondary N) is 1. The maximum atomic E-state index is 12.5. The van der Waals surface area contributed by atoms with Crippen LogP contribution in [-0.2, 0) is 4.79 Å². The van der Waals surface area contributed by atoms with Gasteiger partial charge in [0.15, 0.2) is 0 Å². The van der Waals surface area contributed by atoms with Crippen LogP contribution in [0.15, 0.2) is 36.4 Å². The van der Waals surface area contributed by atoms with E-state index in [1.165, 1.54) is 19.4 Å². The molecule has 2 aromatic carbocycles. The van der Waals surface area contributed by atoms with Crippen LogP contribution in [0.25, 0.3) is 10.8 Å². The van der Waals surface area contributed by atoms with Crippen LogP contribution in [0.5, 0.6) is 5.75 Å². The van der Waals surface area contributed by atoms with Crippen LogP contribution in [0.4, 0.5) is 0 Å². The number of fused-ring (bicyclic) bond motifs is 1. The fourth-order valence-electron chi connectivity index (χ4n) is 3.65. The van der Waals surface area contributed by atoms with Gasteiger partial charge < -0.3 is 15.0 Å². The molecule has 2 aromatic rings. The molecule has 4 heteroatoms. The molecule has 0 aromatic heterocycles. The lowest BCUT2D eigenvalue weighted by Gasteiger charge is -2.20. The summed E-state index contributed by atoms with van der Waals surface area (Å²) in [5.74, 6) is 0.809. The summed E-state index contributed by atoms with van der Waals surface area (Å²) >= 11 is 0. The van der Waals surface area contributed by atoms with Crippen molar-refractivity contribution in [3.05, 3.63) is 42.0 Å². The summed E-state index contributed by atoms with van der Waals surface area (Å²) in [6.45, 7) is 3.90. The van der Waals surface area contributed by atoms with E-state index in [1.54, 1.807) is 7.11 Å². The second kappa shape index (κ2) is 7.87. The Balaban J connectivity index is 1.60. The van der Waals surface area contributed by atoms with Crippen molar-refractivity contribution in [3.63, 3.8) is 0 Å². The van der Waals surface area contributed by atoms with Gasteiger partial charge >= 0.3 is 0 Å². The Labute approximate surface area is 150 Å². The molecule has 0 bridgehead atoms. The highest BCUT2D eigenvalue weighted by molar-refractivity contribution is 5.88. The van der Waals surface area contributed by atoms with Gasteiger partial charge in [-0.25, -0.2) is 0 Å². The maximum Gasteiger partial charge on any atom is 0.227 e.